The van der Waals surface area contributed by atoms with Crippen LogP contribution in [0.4, 0.5) is 0 Å². The summed E-state index contributed by atoms with van der Waals surface area (Å²) < 4.78 is 5.32. The second-order valence-electron chi connectivity index (χ2n) is 4.96. The lowest BCUT2D eigenvalue weighted by molar-refractivity contribution is -0.122. The molecule has 2 N–H and O–H groups in total. The molecule has 4 nitrogen and oxygen atoms in total. The molecule has 1 aliphatic rings. The Morgan fingerprint density at radius 1 is 1.40 bits per heavy atom. The lowest BCUT2D eigenvalue weighted by Crippen LogP contribution is -2.43. The first-order valence-corrected chi connectivity index (χ1v) is 7.04. The van der Waals surface area contributed by atoms with Crippen LogP contribution in [0.5, 0.6) is 0 Å². The van der Waals surface area contributed by atoms with Crippen LogP contribution in [0.25, 0.3) is 6.08 Å². The molecular formula is C16H22N2O2. The van der Waals surface area contributed by atoms with Crippen molar-refractivity contribution in [3.8, 4) is 0 Å². The predicted octanol–water partition coefficient (Wildman–Crippen LogP) is 1.58. The third kappa shape index (κ3) is 4.47. The zero-order valence-corrected chi connectivity index (χ0v) is 11.8. The molecule has 20 heavy (non-hydrogen) atoms. The van der Waals surface area contributed by atoms with Gasteiger partial charge in [-0.1, -0.05) is 42.5 Å². The Morgan fingerprint density at radius 2 is 2.20 bits per heavy atom. The fraction of sp³-hybridized carbons (Fsp3) is 0.438. The van der Waals surface area contributed by atoms with Crippen LogP contribution in [-0.4, -0.2) is 38.3 Å². The fourth-order valence-corrected chi connectivity index (χ4v) is 2.32. The summed E-state index contributed by atoms with van der Waals surface area (Å²) in [5.74, 6) is 0.0819. The van der Waals surface area contributed by atoms with Crippen molar-refractivity contribution < 1.29 is 9.53 Å². The Bertz CT molecular complexity index is 445. The fourth-order valence-electron chi connectivity index (χ4n) is 2.32. The molecule has 0 bridgehead atoms. The highest BCUT2D eigenvalue weighted by Gasteiger charge is 2.27. The number of benzene rings is 1. The average Bonchev–Trinajstić information content (AvgIpc) is 2.92. The topological polar surface area (TPSA) is 50.4 Å². The Kier molecular flexibility index (Phi) is 5.77. The number of nitrogens with one attached hydrogen (secondary N) is 2. The molecule has 1 aliphatic heterocycles. The third-order valence-electron chi connectivity index (χ3n) is 3.46. The molecule has 1 amide bonds. The number of hydrogen-bond acceptors (Lipinski definition) is 3. The van der Waals surface area contributed by atoms with E-state index in [1.807, 2.05) is 42.5 Å². The van der Waals surface area contributed by atoms with E-state index in [0.717, 1.165) is 25.1 Å². The van der Waals surface area contributed by atoms with Gasteiger partial charge < -0.3 is 15.4 Å². The maximum atomic E-state index is 11.8. The lowest BCUT2D eigenvalue weighted by atomic mass is 10.1. The zero-order chi connectivity index (χ0) is 14.2. The number of allylic oxidation sites excluding steroid dienone is 1. The number of methoxy groups -OCH3 is 1. The van der Waals surface area contributed by atoms with Gasteiger partial charge in [0.2, 0.25) is 5.91 Å². The van der Waals surface area contributed by atoms with Crippen molar-refractivity contribution in [3.63, 3.8) is 0 Å². The molecule has 0 saturated carbocycles. The van der Waals surface area contributed by atoms with Crippen molar-refractivity contribution in [3.05, 3.63) is 42.0 Å². The Morgan fingerprint density at radius 3 is 2.95 bits per heavy atom. The number of ether oxygens (including phenoxy) is 1. The van der Waals surface area contributed by atoms with Gasteiger partial charge in [0.1, 0.15) is 0 Å². The van der Waals surface area contributed by atoms with Gasteiger partial charge in [0, 0.05) is 26.6 Å². The highest BCUT2D eigenvalue weighted by molar-refractivity contribution is 5.76. The van der Waals surface area contributed by atoms with Crippen LogP contribution in [0.15, 0.2) is 36.4 Å². The van der Waals surface area contributed by atoms with Gasteiger partial charge in [0.05, 0.1) is 12.1 Å². The van der Waals surface area contributed by atoms with Gasteiger partial charge in [0.15, 0.2) is 0 Å². The minimum atomic E-state index is 0.0819. The van der Waals surface area contributed by atoms with E-state index >= 15 is 0 Å². The zero-order valence-electron chi connectivity index (χ0n) is 11.8. The molecule has 0 radical (unpaired) electrons. The van der Waals surface area contributed by atoms with Gasteiger partial charge in [-0.25, -0.2) is 0 Å². The summed E-state index contributed by atoms with van der Waals surface area (Å²) in [5.41, 5.74) is 1.16. The summed E-state index contributed by atoms with van der Waals surface area (Å²) in [6.07, 6.45) is 5.42. The van der Waals surface area contributed by atoms with Crippen LogP contribution in [0.1, 0.15) is 18.4 Å². The quantitative estimate of drug-likeness (QED) is 0.828. The Balaban J connectivity index is 1.69. The predicted molar refractivity (Wildman–Crippen MR) is 80.3 cm³/mol. The molecule has 1 unspecified atom stereocenters. The monoisotopic (exact) mass is 274 g/mol. The van der Waals surface area contributed by atoms with Gasteiger partial charge in [-0.15, -0.1) is 0 Å². The number of rotatable bonds is 6. The number of carbonyl (C=O) groups excluding carboxylic acids is 1. The molecule has 1 heterocycles. The molecule has 1 aromatic carbocycles. The smallest absolute Gasteiger partial charge is 0.220 e. The summed E-state index contributed by atoms with van der Waals surface area (Å²) in [6, 6.07) is 10.2. The van der Waals surface area contributed by atoms with Crippen LogP contribution < -0.4 is 10.6 Å². The van der Waals surface area contributed by atoms with E-state index in [4.69, 9.17) is 4.74 Å². The standard InChI is InChI=1S/C16H22N2O2/c1-20-15-12-17-11-14(15)18-16(19)10-6-5-9-13-7-3-2-4-8-13/h2-5,7-9,14-15,17H,6,10-12H2,1H3,(H,18,19)/t14?,15-/m0/s1. The summed E-state index contributed by atoms with van der Waals surface area (Å²) in [6.45, 7) is 1.58. The van der Waals surface area contributed by atoms with Gasteiger partial charge >= 0.3 is 0 Å². The van der Waals surface area contributed by atoms with Gasteiger partial charge in [-0.3, -0.25) is 4.79 Å². The van der Waals surface area contributed by atoms with Crippen molar-refractivity contribution >= 4 is 12.0 Å². The van der Waals surface area contributed by atoms with Crippen LogP contribution in [0, 0.1) is 0 Å². The second kappa shape index (κ2) is 7.82. The van der Waals surface area contributed by atoms with E-state index < -0.39 is 0 Å². The number of hydrogen-bond donors (Lipinski definition) is 2. The second-order valence-corrected chi connectivity index (χ2v) is 4.96. The minimum Gasteiger partial charge on any atom is -0.378 e. The summed E-state index contributed by atoms with van der Waals surface area (Å²) >= 11 is 0. The molecule has 1 fully saturated rings. The van der Waals surface area contributed by atoms with Crippen LogP contribution >= 0.6 is 0 Å². The molecule has 1 saturated heterocycles. The highest BCUT2D eigenvalue weighted by atomic mass is 16.5. The molecule has 108 valence electrons. The Hall–Kier alpha value is -1.65. The minimum absolute atomic E-state index is 0.0819. The van der Waals surface area contributed by atoms with Crippen molar-refractivity contribution in [2.24, 2.45) is 0 Å². The number of amides is 1. The maximum absolute atomic E-state index is 11.8. The Labute approximate surface area is 120 Å². The highest BCUT2D eigenvalue weighted by Crippen LogP contribution is 2.06. The van der Waals surface area contributed by atoms with Crippen molar-refractivity contribution in [1.82, 2.24) is 10.6 Å². The summed E-state index contributed by atoms with van der Waals surface area (Å²) in [4.78, 5) is 11.8. The molecule has 0 aromatic heterocycles. The van der Waals surface area contributed by atoms with Crippen molar-refractivity contribution in [1.29, 1.82) is 0 Å². The van der Waals surface area contributed by atoms with Crippen LogP contribution in [0.3, 0.4) is 0 Å². The molecule has 2 atom stereocenters. The SMILES string of the molecule is CO[C@H]1CNCC1NC(=O)CCC=Cc1ccccc1. The normalized spacial score (nSPS) is 22.2. The van der Waals surface area contributed by atoms with Gasteiger partial charge in [-0.05, 0) is 12.0 Å². The first-order chi connectivity index (χ1) is 9.79. The lowest BCUT2D eigenvalue weighted by Gasteiger charge is -2.18. The number of carbonyl (C=O) groups is 1. The van der Waals surface area contributed by atoms with E-state index in [9.17, 15) is 4.79 Å². The largest absolute Gasteiger partial charge is 0.378 e. The van der Waals surface area contributed by atoms with E-state index in [1.54, 1.807) is 7.11 Å². The molecule has 0 spiro atoms. The van der Waals surface area contributed by atoms with E-state index in [1.165, 1.54) is 0 Å². The first kappa shape index (κ1) is 14.8. The molecular weight excluding hydrogens is 252 g/mol. The van der Waals surface area contributed by atoms with Crippen molar-refractivity contribution in [2.75, 3.05) is 20.2 Å². The molecule has 2 rings (SSSR count). The van der Waals surface area contributed by atoms with E-state index in [0.29, 0.717) is 6.42 Å². The van der Waals surface area contributed by atoms with Crippen molar-refractivity contribution in [2.45, 2.75) is 25.0 Å². The summed E-state index contributed by atoms with van der Waals surface area (Å²) in [7, 11) is 1.68. The van der Waals surface area contributed by atoms with E-state index in [-0.39, 0.29) is 18.1 Å². The van der Waals surface area contributed by atoms with E-state index in [2.05, 4.69) is 10.6 Å². The molecule has 0 aliphatic carbocycles. The van der Waals surface area contributed by atoms with Crippen LogP contribution in [-0.2, 0) is 9.53 Å². The summed E-state index contributed by atoms with van der Waals surface area (Å²) in [5, 5.41) is 6.23. The first-order valence-electron chi connectivity index (χ1n) is 7.04. The van der Waals surface area contributed by atoms with Gasteiger partial charge in [-0.2, -0.15) is 0 Å². The molecule has 4 heteroatoms. The maximum Gasteiger partial charge on any atom is 0.220 e. The average molecular weight is 274 g/mol. The third-order valence-corrected chi connectivity index (χ3v) is 3.46. The van der Waals surface area contributed by atoms with Crippen LogP contribution in [0.2, 0.25) is 0 Å². The molecule has 1 aromatic rings. The van der Waals surface area contributed by atoms with Gasteiger partial charge in [0.25, 0.3) is 0 Å².